The molecule has 4 aromatic rings. The molecule has 0 saturated carbocycles. The molecule has 1 unspecified atom stereocenters. The molecule has 4 rings (SSSR count). The number of hydrogen-bond donors (Lipinski definition) is 2. The Balaban J connectivity index is 1.78. The first-order valence-electron chi connectivity index (χ1n) is 9.83. The highest BCUT2D eigenvalue weighted by Gasteiger charge is 2.38. The molecule has 0 fully saturated rings. The van der Waals surface area contributed by atoms with Crippen LogP contribution in [0, 0.1) is 5.82 Å². The SMILES string of the molecule is O=C(NC(c1ccc(OC(F)(F)F)c(F)c1)c1ncccc1C(F)(F)F)c1ccc2oc(=O)[nH]c2c1. The van der Waals surface area contributed by atoms with Crippen molar-refractivity contribution in [2.45, 2.75) is 18.6 Å². The van der Waals surface area contributed by atoms with Gasteiger partial charge in [-0.1, -0.05) is 6.07 Å². The van der Waals surface area contributed by atoms with Gasteiger partial charge in [0.05, 0.1) is 22.8 Å². The van der Waals surface area contributed by atoms with Gasteiger partial charge in [0.2, 0.25) is 0 Å². The van der Waals surface area contributed by atoms with Crippen LogP contribution in [0.4, 0.5) is 30.7 Å². The van der Waals surface area contributed by atoms with Crippen molar-refractivity contribution in [3.8, 4) is 5.75 Å². The molecule has 1 atom stereocenters. The zero-order valence-electron chi connectivity index (χ0n) is 17.5. The quantitative estimate of drug-likeness (QED) is 0.361. The van der Waals surface area contributed by atoms with Crippen LogP contribution in [0.15, 0.2) is 63.9 Å². The minimum atomic E-state index is -5.22. The third-order valence-electron chi connectivity index (χ3n) is 4.89. The van der Waals surface area contributed by atoms with E-state index in [2.05, 4.69) is 20.0 Å². The summed E-state index contributed by atoms with van der Waals surface area (Å²) in [7, 11) is 0. The van der Waals surface area contributed by atoms with Gasteiger partial charge in [-0.15, -0.1) is 13.2 Å². The van der Waals surface area contributed by atoms with Crippen molar-refractivity contribution in [3.63, 3.8) is 0 Å². The average molecular weight is 515 g/mol. The molecule has 36 heavy (non-hydrogen) atoms. The predicted octanol–water partition coefficient (Wildman–Crippen LogP) is 5.09. The number of nitrogens with one attached hydrogen (secondary N) is 2. The fourth-order valence-electron chi connectivity index (χ4n) is 3.41. The van der Waals surface area contributed by atoms with E-state index in [1.54, 1.807) is 0 Å². The van der Waals surface area contributed by atoms with Gasteiger partial charge in [0.15, 0.2) is 17.1 Å². The van der Waals surface area contributed by atoms with Crippen LogP contribution in [0.3, 0.4) is 0 Å². The maximum Gasteiger partial charge on any atom is 0.573 e. The number of aromatic nitrogens is 2. The molecule has 188 valence electrons. The fraction of sp³-hybridized carbons (Fsp3) is 0.136. The van der Waals surface area contributed by atoms with Crippen LogP contribution in [-0.4, -0.2) is 22.2 Å². The van der Waals surface area contributed by atoms with E-state index in [0.717, 1.165) is 18.3 Å². The number of pyridine rings is 1. The lowest BCUT2D eigenvalue weighted by atomic mass is 9.98. The van der Waals surface area contributed by atoms with E-state index in [1.165, 1.54) is 18.2 Å². The smallest absolute Gasteiger partial charge is 0.408 e. The van der Waals surface area contributed by atoms with Crippen molar-refractivity contribution in [1.82, 2.24) is 15.3 Å². The molecule has 0 aliphatic heterocycles. The van der Waals surface area contributed by atoms with Gasteiger partial charge in [-0.25, -0.2) is 9.18 Å². The second kappa shape index (κ2) is 9.02. The zero-order chi connectivity index (χ0) is 26.3. The standard InChI is InChI=1S/C22H12F7N3O4/c23-13-8-10(3-5-15(13)36-22(27,28)29)17(18-12(21(24,25)26)2-1-7-30-18)32-19(33)11-4-6-16-14(9-11)31-20(34)35-16/h1-9,17H,(H,31,34)(H,32,33). The first-order valence-corrected chi connectivity index (χ1v) is 9.83. The number of ether oxygens (including phenoxy) is 1. The second-order valence-corrected chi connectivity index (χ2v) is 7.30. The molecule has 1 amide bonds. The molecule has 2 N–H and O–H groups in total. The minimum absolute atomic E-state index is 0.111. The van der Waals surface area contributed by atoms with Crippen LogP contribution in [0.2, 0.25) is 0 Å². The summed E-state index contributed by atoms with van der Waals surface area (Å²) in [6.07, 6.45) is -9.14. The highest BCUT2D eigenvalue weighted by atomic mass is 19.4. The topological polar surface area (TPSA) is 97.2 Å². The minimum Gasteiger partial charge on any atom is -0.408 e. The van der Waals surface area contributed by atoms with Crippen molar-refractivity contribution in [1.29, 1.82) is 0 Å². The van der Waals surface area contributed by atoms with Gasteiger partial charge in [-0.2, -0.15) is 13.2 Å². The number of nitrogens with zero attached hydrogens (tertiary/aromatic N) is 1. The Bertz CT molecular complexity index is 1490. The molecule has 0 bridgehead atoms. The number of H-pyrrole nitrogens is 1. The van der Waals surface area contributed by atoms with Gasteiger partial charge in [-0.3, -0.25) is 14.8 Å². The molecule has 14 heteroatoms. The van der Waals surface area contributed by atoms with Gasteiger partial charge < -0.3 is 14.5 Å². The van der Waals surface area contributed by atoms with E-state index < -0.39 is 53.1 Å². The number of hydrogen-bond acceptors (Lipinski definition) is 5. The fourth-order valence-corrected chi connectivity index (χ4v) is 3.41. The Hall–Kier alpha value is -4.36. The lowest BCUT2D eigenvalue weighted by molar-refractivity contribution is -0.275. The number of alkyl halides is 6. The Kier molecular flexibility index (Phi) is 6.20. The van der Waals surface area contributed by atoms with Crippen molar-refractivity contribution in [2.24, 2.45) is 0 Å². The summed E-state index contributed by atoms with van der Waals surface area (Å²) >= 11 is 0. The van der Waals surface area contributed by atoms with Gasteiger partial charge in [0.1, 0.15) is 0 Å². The van der Waals surface area contributed by atoms with E-state index >= 15 is 0 Å². The number of carbonyl (C=O) groups is 1. The number of benzene rings is 2. The maximum absolute atomic E-state index is 14.4. The molecule has 7 nitrogen and oxygen atoms in total. The predicted molar refractivity (Wildman–Crippen MR) is 108 cm³/mol. The number of oxazole rings is 1. The summed E-state index contributed by atoms with van der Waals surface area (Å²) in [4.78, 5) is 30.3. The normalized spacial score (nSPS) is 13.0. The van der Waals surface area contributed by atoms with E-state index in [1.807, 2.05) is 0 Å². The van der Waals surface area contributed by atoms with Crippen molar-refractivity contribution < 1.29 is 44.7 Å². The lowest BCUT2D eigenvalue weighted by Crippen LogP contribution is -2.31. The summed E-state index contributed by atoms with van der Waals surface area (Å²) in [5, 5.41) is 2.29. The molecule has 0 spiro atoms. The van der Waals surface area contributed by atoms with Gasteiger partial charge in [-0.05, 0) is 48.0 Å². The van der Waals surface area contributed by atoms with E-state index in [9.17, 15) is 40.3 Å². The molecule has 0 aliphatic carbocycles. The van der Waals surface area contributed by atoms with Crippen molar-refractivity contribution >= 4 is 17.0 Å². The number of aromatic amines is 1. The number of rotatable bonds is 5. The molecule has 0 aliphatic rings. The molecule has 2 aromatic carbocycles. The zero-order valence-corrected chi connectivity index (χ0v) is 17.5. The van der Waals surface area contributed by atoms with E-state index in [4.69, 9.17) is 4.42 Å². The Morgan fingerprint density at radius 1 is 1.06 bits per heavy atom. The average Bonchev–Trinajstić information content (AvgIpc) is 3.16. The Morgan fingerprint density at radius 3 is 2.47 bits per heavy atom. The van der Waals surface area contributed by atoms with E-state index in [0.29, 0.717) is 18.2 Å². The number of fused-ring (bicyclic) bond motifs is 1. The monoisotopic (exact) mass is 515 g/mol. The van der Waals surface area contributed by atoms with Crippen molar-refractivity contribution in [2.75, 3.05) is 0 Å². The summed E-state index contributed by atoms with van der Waals surface area (Å²) in [5.74, 6) is -4.52. The van der Waals surface area contributed by atoms with Crippen LogP contribution in [0.5, 0.6) is 5.75 Å². The van der Waals surface area contributed by atoms with Gasteiger partial charge in [0.25, 0.3) is 5.91 Å². The summed E-state index contributed by atoms with van der Waals surface area (Å²) < 4.78 is 101. The van der Waals surface area contributed by atoms with Crippen LogP contribution in [-0.2, 0) is 6.18 Å². The van der Waals surface area contributed by atoms with Crippen LogP contribution in [0.25, 0.3) is 11.1 Å². The third-order valence-corrected chi connectivity index (χ3v) is 4.89. The molecule has 2 heterocycles. The number of carbonyl (C=O) groups excluding carboxylic acids is 1. The maximum atomic E-state index is 14.4. The molecular formula is C22H12F7N3O4. The third kappa shape index (κ3) is 5.31. The summed E-state index contributed by atoms with van der Waals surface area (Å²) in [6.45, 7) is 0. The first-order chi connectivity index (χ1) is 16.8. The summed E-state index contributed by atoms with van der Waals surface area (Å²) in [5.41, 5.74) is -2.23. The molecule has 0 radical (unpaired) electrons. The van der Waals surface area contributed by atoms with Crippen LogP contribution in [0.1, 0.15) is 33.2 Å². The first kappa shape index (κ1) is 24.8. The Morgan fingerprint density at radius 2 is 1.81 bits per heavy atom. The van der Waals surface area contributed by atoms with Gasteiger partial charge in [0, 0.05) is 11.8 Å². The number of amides is 1. The van der Waals surface area contributed by atoms with Gasteiger partial charge >= 0.3 is 18.3 Å². The Labute approximate surface area is 195 Å². The number of halogens is 7. The molecule has 2 aromatic heterocycles. The van der Waals surface area contributed by atoms with Crippen LogP contribution >= 0.6 is 0 Å². The second-order valence-electron chi connectivity index (χ2n) is 7.30. The van der Waals surface area contributed by atoms with Crippen LogP contribution < -0.4 is 15.8 Å². The molecular weight excluding hydrogens is 503 g/mol. The molecule has 0 saturated heterocycles. The largest absolute Gasteiger partial charge is 0.573 e. The van der Waals surface area contributed by atoms with E-state index in [-0.39, 0.29) is 22.2 Å². The summed E-state index contributed by atoms with van der Waals surface area (Å²) in [6, 6.07) is 5.53. The lowest BCUT2D eigenvalue weighted by Gasteiger charge is -2.23. The van der Waals surface area contributed by atoms with Crippen molar-refractivity contribution in [3.05, 3.63) is 93.5 Å². The highest BCUT2D eigenvalue weighted by molar-refractivity contribution is 5.97. The highest BCUT2D eigenvalue weighted by Crippen LogP contribution is 2.37.